The summed E-state index contributed by atoms with van der Waals surface area (Å²) in [5, 5.41) is 1.17. The van der Waals surface area contributed by atoms with Crippen molar-refractivity contribution in [1.29, 1.82) is 0 Å². The second kappa shape index (κ2) is 4.79. The number of fused-ring (bicyclic) bond motifs is 1. The van der Waals surface area contributed by atoms with Gasteiger partial charge in [-0.05, 0) is 38.5 Å². The van der Waals surface area contributed by atoms with Gasteiger partial charge < -0.3 is 10.2 Å². The minimum absolute atomic E-state index is 0.522. The molecule has 0 unspecified atom stereocenters. The van der Waals surface area contributed by atoms with Crippen molar-refractivity contribution in [1.82, 2.24) is 15.0 Å². The van der Waals surface area contributed by atoms with E-state index in [4.69, 9.17) is 10.2 Å². The number of hydrogen-bond acceptors (Lipinski definition) is 6. The molecule has 0 aliphatic heterocycles. The highest BCUT2D eigenvalue weighted by molar-refractivity contribution is 7.98. The number of anilines is 1. The maximum absolute atomic E-state index is 5.72. The first-order valence-electron chi connectivity index (χ1n) is 6.18. The van der Waals surface area contributed by atoms with Crippen LogP contribution in [0.1, 0.15) is 17.0 Å². The Morgan fingerprint density at radius 3 is 2.45 bits per heavy atom. The summed E-state index contributed by atoms with van der Waals surface area (Å²) in [7, 11) is 0. The lowest BCUT2D eigenvalue weighted by Gasteiger charge is -2.04. The van der Waals surface area contributed by atoms with Crippen LogP contribution in [-0.2, 0) is 0 Å². The molecular formula is C14H14N4OS. The number of hydrogen-bond donors (Lipinski definition) is 1. The maximum atomic E-state index is 5.72. The predicted molar refractivity (Wildman–Crippen MR) is 78.8 cm³/mol. The van der Waals surface area contributed by atoms with Crippen LogP contribution in [0.4, 0.5) is 5.69 Å². The lowest BCUT2D eigenvalue weighted by molar-refractivity contribution is 0.488. The van der Waals surface area contributed by atoms with E-state index < -0.39 is 0 Å². The Morgan fingerprint density at radius 1 is 1.05 bits per heavy atom. The van der Waals surface area contributed by atoms with Gasteiger partial charge in [0.1, 0.15) is 5.52 Å². The summed E-state index contributed by atoms with van der Waals surface area (Å²) < 4.78 is 5.65. The molecule has 0 aliphatic rings. The highest BCUT2D eigenvalue weighted by Gasteiger charge is 2.11. The Balaban J connectivity index is 1.96. The van der Waals surface area contributed by atoms with Crippen LogP contribution < -0.4 is 5.73 Å². The van der Waals surface area contributed by atoms with Crippen molar-refractivity contribution in [3.8, 4) is 0 Å². The number of oxazole rings is 1. The maximum Gasteiger partial charge on any atom is 0.264 e. The van der Waals surface area contributed by atoms with Gasteiger partial charge in [0.2, 0.25) is 0 Å². The summed E-state index contributed by atoms with van der Waals surface area (Å²) >= 11 is 1.32. The van der Waals surface area contributed by atoms with Gasteiger partial charge in [-0.2, -0.15) is 0 Å². The smallest absolute Gasteiger partial charge is 0.264 e. The molecule has 0 saturated carbocycles. The zero-order valence-electron chi connectivity index (χ0n) is 11.5. The number of aromatic nitrogens is 3. The van der Waals surface area contributed by atoms with Gasteiger partial charge in [0.15, 0.2) is 10.7 Å². The molecule has 0 saturated heterocycles. The van der Waals surface area contributed by atoms with Crippen LogP contribution in [0.2, 0.25) is 0 Å². The van der Waals surface area contributed by atoms with E-state index in [1.165, 1.54) is 11.8 Å². The molecule has 1 aromatic carbocycles. The normalized spacial score (nSPS) is 11.2. The highest BCUT2D eigenvalue weighted by Crippen LogP contribution is 2.29. The van der Waals surface area contributed by atoms with E-state index in [0.717, 1.165) is 22.5 Å². The molecule has 6 heteroatoms. The summed E-state index contributed by atoms with van der Waals surface area (Å²) in [5.74, 6) is 0. The molecule has 0 aliphatic carbocycles. The average Bonchev–Trinajstić information content (AvgIpc) is 2.77. The predicted octanol–water partition coefficient (Wildman–Crippen LogP) is 3.28. The van der Waals surface area contributed by atoms with E-state index in [9.17, 15) is 0 Å². The topological polar surface area (TPSA) is 77.8 Å². The van der Waals surface area contributed by atoms with Crippen LogP contribution in [0, 0.1) is 20.8 Å². The molecule has 2 N–H and O–H groups in total. The fraction of sp³-hybridized carbons (Fsp3) is 0.214. The molecular weight excluding hydrogens is 272 g/mol. The van der Waals surface area contributed by atoms with Gasteiger partial charge in [-0.3, -0.25) is 0 Å². The Labute approximate surface area is 120 Å². The quantitative estimate of drug-likeness (QED) is 0.575. The highest BCUT2D eigenvalue weighted by atomic mass is 32.2. The molecule has 20 heavy (non-hydrogen) atoms. The summed E-state index contributed by atoms with van der Waals surface area (Å²) in [5.41, 5.74) is 10.9. The summed E-state index contributed by atoms with van der Waals surface area (Å²) in [6.07, 6.45) is 0. The van der Waals surface area contributed by atoms with E-state index >= 15 is 0 Å². The standard InChI is InChI=1S/C14H14N4OS/c1-7-8(2)16-13(17-9(7)3)20-14-18-11-5-4-10(15)6-12(11)19-14/h4-6H,15H2,1-3H3. The van der Waals surface area contributed by atoms with Gasteiger partial charge in [-0.15, -0.1) is 0 Å². The second-order valence-electron chi connectivity index (χ2n) is 4.61. The molecule has 3 rings (SSSR count). The molecule has 2 heterocycles. The first-order valence-corrected chi connectivity index (χ1v) is 7.00. The first kappa shape index (κ1) is 12.9. The van der Waals surface area contributed by atoms with Crippen LogP contribution in [-0.4, -0.2) is 15.0 Å². The number of nitrogens with two attached hydrogens (primary N) is 1. The fourth-order valence-corrected chi connectivity index (χ4v) is 2.63. The zero-order valence-corrected chi connectivity index (χ0v) is 12.3. The van der Waals surface area contributed by atoms with Gasteiger partial charge in [-0.25, -0.2) is 15.0 Å². The van der Waals surface area contributed by atoms with Crippen molar-refractivity contribution in [3.63, 3.8) is 0 Å². The largest absolute Gasteiger partial charge is 0.431 e. The Bertz CT molecular complexity index is 774. The molecule has 102 valence electrons. The van der Waals surface area contributed by atoms with Crippen LogP contribution in [0.5, 0.6) is 0 Å². The molecule has 3 aromatic rings. The molecule has 0 fully saturated rings. The van der Waals surface area contributed by atoms with Crippen molar-refractivity contribution < 1.29 is 4.42 Å². The third kappa shape index (κ3) is 2.34. The van der Waals surface area contributed by atoms with Crippen LogP contribution in [0.15, 0.2) is 33.0 Å². The van der Waals surface area contributed by atoms with Crippen molar-refractivity contribution >= 4 is 28.5 Å². The summed E-state index contributed by atoms with van der Waals surface area (Å²) in [4.78, 5) is 13.3. The van der Waals surface area contributed by atoms with E-state index in [-0.39, 0.29) is 0 Å². The molecule has 0 amide bonds. The van der Waals surface area contributed by atoms with Crippen LogP contribution in [0.3, 0.4) is 0 Å². The van der Waals surface area contributed by atoms with Gasteiger partial charge in [0.05, 0.1) is 0 Å². The molecule has 0 radical (unpaired) electrons. The summed E-state index contributed by atoms with van der Waals surface area (Å²) in [6.45, 7) is 5.96. The number of nitrogen functional groups attached to an aromatic ring is 1. The Morgan fingerprint density at radius 2 is 1.75 bits per heavy atom. The minimum Gasteiger partial charge on any atom is -0.431 e. The molecule has 2 aromatic heterocycles. The second-order valence-corrected chi connectivity index (χ2v) is 5.53. The van der Waals surface area contributed by atoms with Gasteiger partial charge >= 0.3 is 0 Å². The lowest BCUT2D eigenvalue weighted by Crippen LogP contribution is -1.97. The number of aryl methyl sites for hydroxylation is 2. The lowest BCUT2D eigenvalue weighted by atomic mass is 10.2. The third-order valence-electron chi connectivity index (χ3n) is 3.18. The number of nitrogens with zero attached hydrogens (tertiary/aromatic N) is 3. The molecule has 0 bridgehead atoms. The Kier molecular flexibility index (Phi) is 3.10. The van der Waals surface area contributed by atoms with Crippen molar-refractivity contribution in [3.05, 3.63) is 35.2 Å². The zero-order chi connectivity index (χ0) is 14.3. The van der Waals surface area contributed by atoms with Crippen LogP contribution in [0.25, 0.3) is 11.1 Å². The minimum atomic E-state index is 0.522. The SMILES string of the molecule is Cc1nc(Sc2nc3ccc(N)cc3o2)nc(C)c1C. The summed E-state index contributed by atoms with van der Waals surface area (Å²) in [6, 6.07) is 5.40. The Hall–Kier alpha value is -2.08. The van der Waals surface area contributed by atoms with Gasteiger partial charge in [-0.1, -0.05) is 0 Å². The molecule has 0 spiro atoms. The monoisotopic (exact) mass is 286 g/mol. The van der Waals surface area contributed by atoms with E-state index in [2.05, 4.69) is 15.0 Å². The van der Waals surface area contributed by atoms with Crippen LogP contribution >= 0.6 is 11.8 Å². The van der Waals surface area contributed by atoms with Gasteiger partial charge in [0, 0.05) is 34.9 Å². The number of benzene rings is 1. The van der Waals surface area contributed by atoms with E-state index in [1.807, 2.05) is 26.8 Å². The van der Waals surface area contributed by atoms with E-state index in [1.54, 1.807) is 12.1 Å². The third-order valence-corrected chi connectivity index (χ3v) is 3.90. The molecule has 0 atom stereocenters. The molecule has 5 nitrogen and oxygen atoms in total. The van der Waals surface area contributed by atoms with Crippen molar-refractivity contribution in [2.75, 3.05) is 5.73 Å². The number of rotatable bonds is 2. The fourth-order valence-electron chi connectivity index (χ4n) is 1.83. The average molecular weight is 286 g/mol. The first-order chi connectivity index (χ1) is 9.52. The van der Waals surface area contributed by atoms with Gasteiger partial charge in [0.25, 0.3) is 5.22 Å². The van der Waals surface area contributed by atoms with E-state index in [0.29, 0.717) is 21.6 Å². The van der Waals surface area contributed by atoms with Crippen molar-refractivity contribution in [2.24, 2.45) is 0 Å². The van der Waals surface area contributed by atoms with Crippen molar-refractivity contribution in [2.45, 2.75) is 31.2 Å².